The third-order valence-electron chi connectivity index (χ3n) is 3.09. The van der Waals surface area contributed by atoms with E-state index in [1.807, 2.05) is 19.9 Å². The fourth-order valence-electron chi connectivity index (χ4n) is 1.90. The van der Waals surface area contributed by atoms with Crippen LogP contribution in [0.1, 0.15) is 37.2 Å². The first-order valence-corrected chi connectivity index (χ1v) is 8.15. The van der Waals surface area contributed by atoms with Crippen molar-refractivity contribution < 1.29 is 13.5 Å². The van der Waals surface area contributed by atoms with E-state index >= 15 is 0 Å². The third-order valence-corrected chi connectivity index (χ3v) is 4.47. The third kappa shape index (κ3) is 3.69. The minimum Gasteiger partial charge on any atom is -0.394 e. The summed E-state index contributed by atoms with van der Waals surface area (Å²) in [4.78, 5) is 6.84. The highest BCUT2D eigenvalue weighted by Crippen LogP contribution is 2.17. The molecule has 1 atom stereocenters. The standard InChI is InChI=1S/C14H19N3O3S/c1-10(2)14-15-8-13(16-14)21(19,20)17-12(9-18)11-6-4-3-5-7-11/h3-8,10,12,17-18H,9H2,1-2H3,(H,15,16). The highest BCUT2D eigenvalue weighted by Gasteiger charge is 2.23. The highest BCUT2D eigenvalue weighted by molar-refractivity contribution is 7.89. The lowest BCUT2D eigenvalue weighted by Gasteiger charge is -2.16. The maximum absolute atomic E-state index is 12.3. The summed E-state index contributed by atoms with van der Waals surface area (Å²) >= 11 is 0. The van der Waals surface area contributed by atoms with E-state index in [1.165, 1.54) is 6.20 Å². The molecule has 1 heterocycles. The molecule has 21 heavy (non-hydrogen) atoms. The normalized spacial score (nSPS) is 13.5. The second-order valence-corrected chi connectivity index (χ2v) is 6.74. The molecule has 0 bridgehead atoms. The number of H-pyrrole nitrogens is 1. The molecule has 0 saturated carbocycles. The predicted octanol–water partition coefficient (Wildman–Crippen LogP) is 1.54. The summed E-state index contributed by atoms with van der Waals surface area (Å²) in [6.07, 6.45) is 1.29. The predicted molar refractivity (Wildman–Crippen MR) is 79.3 cm³/mol. The largest absolute Gasteiger partial charge is 0.394 e. The van der Waals surface area contributed by atoms with E-state index in [2.05, 4.69) is 14.7 Å². The van der Waals surface area contributed by atoms with Crippen molar-refractivity contribution in [2.24, 2.45) is 0 Å². The molecule has 0 aliphatic rings. The van der Waals surface area contributed by atoms with Crippen LogP contribution in [0.15, 0.2) is 41.6 Å². The van der Waals surface area contributed by atoms with Gasteiger partial charge in [-0.15, -0.1) is 0 Å². The van der Waals surface area contributed by atoms with E-state index < -0.39 is 16.1 Å². The van der Waals surface area contributed by atoms with Crippen molar-refractivity contribution in [2.45, 2.75) is 30.8 Å². The Labute approximate surface area is 124 Å². The molecule has 2 rings (SSSR count). The van der Waals surface area contributed by atoms with Gasteiger partial charge >= 0.3 is 0 Å². The molecular weight excluding hydrogens is 290 g/mol. The van der Waals surface area contributed by atoms with Crippen LogP contribution >= 0.6 is 0 Å². The van der Waals surface area contributed by atoms with Gasteiger partial charge in [0.25, 0.3) is 10.0 Å². The lowest BCUT2D eigenvalue weighted by atomic mass is 10.1. The smallest absolute Gasteiger partial charge is 0.258 e. The van der Waals surface area contributed by atoms with Crippen LogP contribution in [-0.2, 0) is 10.0 Å². The van der Waals surface area contributed by atoms with E-state index in [9.17, 15) is 13.5 Å². The highest BCUT2D eigenvalue weighted by atomic mass is 32.2. The number of sulfonamides is 1. The fraction of sp³-hybridized carbons (Fsp3) is 0.357. The quantitative estimate of drug-likeness (QED) is 0.754. The summed E-state index contributed by atoms with van der Waals surface area (Å²) in [5.41, 5.74) is 0.701. The van der Waals surface area contributed by atoms with Crippen LogP contribution in [0.5, 0.6) is 0 Å². The number of imidazole rings is 1. The van der Waals surface area contributed by atoms with Gasteiger partial charge in [-0.1, -0.05) is 44.2 Å². The van der Waals surface area contributed by atoms with Gasteiger partial charge in [0.1, 0.15) is 5.82 Å². The molecule has 0 fully saturated rings. The first-order valence-electron chi connectivity index (χ1n) is 6.67. The number of aromatic nitrogens is 2. The summed E-state index contributed by atoms with van der Waals surface area (Å²) in [6, 6.07) is 8.24. The Kier molecular flexibility index (Phi) is 4.76. The van der Waals surface area contributed by atoms with Crippen molar-refractivity contribution in [3.8, 4) is 0 Å². The van der Waals surface area contributed by atoms with E-state index in [-0.39, 0.29) is 17.6 Å². The van der Waals surface area contributed by atoms with Gasteiger partial charge < -0.3 is 10.1 Å². The second-order valence-electron chi connectivity index (χ2n) is 5.05. The van der Waals surface area contributed by atoms with E-state index in [4.69, 9.17) is 0 Å². The van der Waals surface area contributed by atoms with Crippen molar-refractivity contribution in [1.82, 2.24) is 14.7 Å². The Balaban J connectivity index is 2.23. The van der Waals surface area contributed by atoms with Crippen LogP contribution in [0, 0.1) is 0 Å². The number of nitrogens with one attached hydrogen (secondary N) is 2. The number of hydrogen-bond acceptors (Lipinski definition) is 4. The van der Waals surface area contributed by atoms with Crippen LogP contribution < -0.4 is 4.72 Å². The molecule has 0 saturated heterocycles. The Morgan fingerprint density at radius 3 is 2.48 bits per heavy atom. The monoisotopic (exact) mass is 309 g/mol. The molecule has 0 aliphatic carbocycles. The average molecular weight is 309 g/mol. The average Bonchev–Trinajstić information content (AvgIpc) is 2.96. The van der Waals surface area contributed by atoms with Crippen molar-refractivity contribution in [3.05, 3.63) is 47.9 Å². The number of benzene rings is 1. The van der Waals surface area contributed by atoms with Gasteiger partial charge in [0, 0.05) is 5.92 Å². The molecule has 2 aromatic rings. The minimum absolute atomic E-state index is 0.000538. The van der Waals surface area contributed by atoms with Crippen LogP contribution in [0.3, 0.4) is 0 Å². The van der Waals surface area contributed by atoms with Gasteiger partial charge in [0.05, 0.1) is 18.8 Å². The number of rotatable bonds is 6. The van der Waals surface area contributed by atoms with Gasteiger partial charge in [0.2, 0.25) is 0 Å². The zero-order valence-corrected chi connectivity index (χ0v) is 12.8. The molecule has 6 nitrogen and oxygen atoms in total. The van der Waals surface area contributed by atoms with Crippen molar-refractivity contribution in [2.75, 3.05) is 6.61 Å². The Morgan fingerprint density at radius 2 is 1.95 bits per heavy atom. The molecule has 1 aromatic carbocycles. The van der Waals surface area contributed by atoms with Crippen LogP contribution in [0.4, 0.5) is 0 Å². The van der Waals surface area contributed by atoms with Gasteiger partial charge in [-0.2, -0.15) is 0 Å². The first kappa shape index (κ1) is 15.7. The molecule has 7 heteroatoms. The number of aliphatic hydroxyl groups is 1. The Morgan fingerprint density at radius 1 is 1.29 bits per heavy atom. The van der Waals surface area contributed by atoms with Crippen molar-refractivity contribution in [1.29, 1.82) is 0 Å². The van der Waals surface area contributed by atoms with Gasteiger partial charge in [-0.05, 0) is 5.56 Å². The Hall–Kier alpha value is -1.70. The van der Waals surface area contributed by atoms with Crippen LogP contribution in [0.25, 0.3) is 0 Å². The van der Waals surface area contributed by atoms with Crippen LogP contribution in [0.2, 0.25) is 0 Å². The molecule has 0 spiro atoms. The summed E-state index contributed by atoms with van der Waals surface area (Å²) in [5, 5.41) is 9.43. The van der Waals surface area contributed by atoms with Crippen LogP contribution in [-0.4, -0.2) is 30.1 Å². The van der Waals surface area contributed by atoms with Gasteiger partial charge in [-0.3, -0.25) is 0 Å². The molecule has 3 N–H and O–H groups in total. The summed E-state index contributed by atoms with van der Waals surface area (Å²) in [5.74, 6) is 0.715. The molecule has 0 radical (unpaired) electrons. The maximum atomic E-state index is 12.3. The topological polar surface area (TPSA) is 95.1 Å². The first-order chi connectivity index (χ1) is 9.94. The van der Waals surface area contributed by atoms with Crippen molar-refractivity contribution in [3.63, 3.8) is 0 Å². The zero-order valence-electron chi connectivity index (χ0n) is 11.9. The van der Waals surface area contributed by atoms with Gasteiger partial charge in [-0.25, -0.2) is 18.1 Å². The SMILES string of the molecule is CC(C)c1ncc(S(=O)(=O)NC(CO)c2ccccc2)[nH]1. The van der Waals surface area contributed by atoms with E-state index in [0.717, 1.165) is 0 Å². The van der Waals surface area contributed by atoms with E-state index in [1.54, 1.807) is 24.3 Å². The van der Waals surface area contributed by atoms with Crippen molar-refractivity contribution >= 4 is 10.0 Å². The molecule has 1 aromatic heterocycles. The number of nitrogens with zero attached hydrogens (tertiary/aromatic N) is 1. The Bertz CT molecular complexity index is 680. The molecule has 114 valence electrons. The molecule has 0 aliphatic heterocycles. The van der Waals surface area contributed by atoms with E-state index in [0.29, 0.717) is 11.4 Å². The zero-order chi connectivity index (χ0) is 15.5. The number of aromatic amines is 1. The minimum atomic E-state index is -3.76. The summed E-state index contributed by atoms with van der Waals surface area (Å²) < 4.78 is 27.1. The lowest BCUT2D eigenvalue weighted by Crippen LogP contribution is -2.31. The molecular formula is C14H19N3O3S. The molecule has 0 amide bonds. The summed E-state index contributed by atoms with van der Waals surface area (Å²) in [7, 11) is -3.76. The van der Waals surface area contributed by atoms with Gasteiger partial charge in [0.15, 0.2) is 5.03 Å². The second kappa shape index (κ2) is 6.38. The summed E-state index contributed by atoms with van der Waals surface area (Å²) in [6.45, 7) is 3.51. The molecule has 1 unspecified atom stereocenters. The number of aliphatic hydroxyl groups excluding tert-OH is 1. The number of hydrogen-bond donors (Lipinski definition) is 3. The maximum Gasteiger partial charge on any atom is 0.258 e. The lowest BCUT2D eigenvalue weighted by molar-refractivity contribution is 0.259. The fourth-order valence-corrected chi connectivity index (χ4v) is 3.04.